The summed E-state index contributed by atoms with van der Waals surface area (Å²) in [6.45, 7) is 0. The predicted molar refractivity (Wildman–Crippen MR) is 80.7 cm³/mol. The van der Waals surface area contributed by atoms with Crippen molar-refractivity contribution in [2.45, 2.75) is 25.2 Å². The topological polar surface area (TPSA) is 54.9 Å². The molecule has 0 spiro atoms. The third kappa shape index (κ3) is 2.80. The summed E-state index contributed by atoms with van der Waals surface area (Å²) in [6, 6.07) is 3.52. The van der Waals surface area contributed by atoms with Crippen LogP contribution in [-0.2, 0) is 11.2 Å². The molecule has 0 fully saturated rings. The van der Waals surface area contributed by atoms with Gasteiger partial charge in [-0.2, -0.15) is 0 Å². The lowest BCUT2D eigenvalue weighted by Gasteiger charge is -2.21. The van der Waals surface area contributed by atoms with Crippen LogP contribution in [0.4, 0.5) is 5.82 Å². The minimum absolute atomic E-state index is 0.0210. The lowest BCUT2D eigenvalue weighted by atomic mass is 9.87. The Labute approximate surface area is 130 Å². The van der Waals surface area contributed by atoms with Crippen molar-refractivity contribution in [2.75, 3.05) is 5.32 Å². The molecule has 1 N–H and O–H groups in total. The Hall–Kier alpha value is -1.17. The van der Waals surface area contributed by atoms with Gasteiger partial charge in [0.1, 0.15) is 11.0 Å². The van der Waals surface area contributed by atoms with Gasteiger partial charge in [0.15, 0.2) is 0 Å². The minimum Gasteiger partial charge on any atom is -0.310 e. The number of carbonyl (C=O) groups excluding carboxylic acids is 1. The van der Waals surface area contributed by atoms with E-state index in [1.54, 1.807) is 11.3 Å². The van der Waals surface area contributed by atoms with Gasteiger partial charge >= 0.3 is 0 Å². The monoisotopic (exact) mass is 327 g/mol. The van der Waals surface area contributed by atoms with Crippen LogP contribution >= 0.6 is 34.5 Å². The number of carbonyl (C=O) groups is 1. The minimum atomic E-state index is -0.127. The zero-order chi connectivity index (χ0) is 14.1. The van der Waals surface area contributed by atoms with E-state index in [9.17, 15) is 4.79 Å². The third-order valence-electron chi connectivity index (χ3n) is 3.29. The van der Waals surface area contributed by atoms with E-state index >= 15 is 0 Å². The van der Waals surface area contributed by atoms with Gasteiger partial charge < -0.3 is 5.32 Å². The molecule has 4 nitrogen and oxygen atoms in total. The van der Waals surface area contributed by atoms with E-state index in [1.807, 2.05) is 11.4 Å². The molecule has 2 heterocycles. The maximum absolute atomic E-state index is 12.4. The Morgan fingerprint density at radius 3 is 3.05 bits per heavy atom. The van der Waals surface area contributed by atoms with Crippen LogP contribution in [0.3, 0.4) is 0 Å². The number of rotatable bonds is 2. The molecule has 0 aliphatic heterocycles. The highest BCUT2D eigenvalue weighted by Gasteiger charge is 2.27. The number of nitrogens with zero attached hydrogens (tertiary/aromatic N) is 2. The quantitative estimate of drug-likeness (QED) is 0.672. The van der Waals surface area contributed by atoms with Crippen LogP contribution in [0.15, 0.2) is 17.5 Å². The van der Waals surface area contributed by atoms with Gasteiger partial charge in [0.2, 0.25) is 11.2 Å². The fraction of sp³-hybridized carbons (Fsp3) is 0.308. The average Bonchev–Trinajstić information content (AvgIpc) is 2.85. The number of fused-ring (bicyclic) bond motifs is 1. The first kappa shape index (κ1) is 13.8. The molecule has 0 bridgehead atoms. The van der Waals surface area contributed by atoms with Crippen LogP contribution in [0.5, 0.6) is 0 Å². The van der Waals surface area contributed by atoms with Crippen LogP contribution in [0.2, 0.25) is 10.4 Å². The van der Waals surface area contributed by atoms with E-state index < -0.39 is 0 Å². The molecule has 1 unspecified atom stereocenters. The van der Waals surface area contributed by atoms with E-state index in [2.05, 4.69) is 15.3 Å². The number of halogens is 2. The highest BCUT2D eigenvalue weighted by atomic mass is 35.5. The van der Waals surface area contributed by atoms with E-state index in [4.69, 9.17) is 23.2 Å². The van der Waals surface area contributed by atoms with Gasteiger partial charge in [-0.3, -0.25) is 4.79 Å². The Balaban J connectivity index is 1.81. The van der Waals surface area contributed by atoms with E-state index in [1.165, 1.54) is 10.9 Å². The van der Waals surface area contributed by atoms with Crippen molar-refractivity contribution in [3.05, 3.63) is 38.4 Å². The van der Waals surface area contributed by atoms with Gasteiger partial charge in [0.25, 0.3) is 0 Å². The summed E-state index contributed by atoms with van der Waals surface area (Å²) in [6.07, 6.45) is 2.93. The van der Waals surface area contributed by atoms with Gasteiger partial charge in [-0.05, 0) is 47.9 Å². The van der Waals surface area contributed by atoms with Gasteiger partial charge in [-0.1, -0.05) is 11.6 Å². The molecule has 1 atom stereocenters. The van der Waals surface area contributed by atoms with Gasteiger partial charge in [0, 0.05) is 10.9 Å². The Morgan fingerprint density at radius 2 is 2.25 bits per heavy atom. The van der Waals surface area contributed by atoms with Crippen LogP contribution in [0, 0.1) is 0 Å². The Kier molecular flexibility index (Phi) is 3.92. The SMILES string of the molecule is O=C(Nc1cc(Cl)nc(Cl)n1)C1CCCc2sccc21. The van der Waals surface area contributed by atoms with Crippen LogP contribution in [0.1, 0.15) is 29.2 Å². The summed E-state index contributed by atoms with van der Waals surface area (Å²) < 4.78 is 0. The summed E-state index contributed by atoms with van der Waals surface area (Å²) in [5, 5.41) is 5.04. The summed E-state index contributed by atoms with van der Waals surface area (Å²) in [7, 11) is 0. The second-order valence-corrected chi connectivity index (χ2v) is 6.30. The molecule has 0 radical (unpaired) electrons. The molecule has 1 amide bonds. The van der Waals surface area contributed by atoms with Crippen molar-refractivity contribution in [1.82, 2.24) is 9.97 Å². The van der Waals surface area contributed by atoms with Gasteiger partial charge in [0.05, 0.1) is 5.92 Å². The molecule has 2 aromatic heterocycles. The first-order valence-electron chi connectivity index (χ1n) is 6.20. The van der Waals surface area contributed by atoms with Crippen molar-refractivity contribution < 1.29 is 4.79 Å². The zero-order valence-corrected chi connectivity index (χ0v) is 12.7. The van der Waals surface area contributed by atoms with Crippen LogP contribution in [0.25, 0.3) is 0 Å². The molecule has 104 valence electrons. The second-order valence-electron chi connectivity index (χ2n) is 4.58. The number of aromatic nitrogens is 2. The number of amides is 1. The molecule has 0 aromatic carbocycles. The fourth-order valence-corrected chi connectivity index (χ4v) is 3.82. The number of aryl methyl sites for hydroxylation is 1. The van der Waals surface area contributed by atoms with Crippen molar-refractivity contribution in [2.24, 2.45) is 0 Å². The van der Waals surface area contributed by atoms with Crippen molar-refractivity contribution in [3.8, 4) is 0 Å². The number of thiophene rings is 1. The Bertz CT molecular complexity index is 639. The molecule has 20 heavy (non-hydrogen) atoms. The highest BCUT2D eigenvalue weighted by molar-refractivity contribution is 7.10. The maximum Gasteiger partial charge on any atom is 0.233 e. The summed E-state index contributed by atoms with van der Waals surface area (Å²) in [5.41, 5.74) is 1.13. The molecule has 1 aliphatic rings. The van der Waals surface area contributed by atoms with Crippen molar-refractivity contribution in [3.63, 3.8) is 0 Å². The smallest absolute Gasteiger partial charge is 0.233 e. The predicted octanol–water partition coefficient (Wildman–Crippen LogP) is 3.90. The molecule has 0 saturated heterocycles. The first-order valence-corrected chi connectivity index (χ1v) is 7.84. The molecule has 2 aromatic rings. The fourth-order valence-electron chi connectivity index (χ4n) is 2.43. The average molecular weight is 328 g/mol. The second kappa shape index (κ2) is 5.68. The molecule has 7 heteroatoms. The molecular formula is C13H11Cl2N3OS. The standard InChI is InChI=1S/C13H11Cl2N3OS/c14-10-6-11(18-13(15)16-10)17-12(19)8-2-1-3-9-7(8)4-5-20-9/h4-6,8H,1-3H2,(H,16,17,18,19). The number of hydrogen-bond acceptors (Lipinski definition) is 4. The lowest BCUT2D eigenvalue weighted by molar-refractivity contribution is -0.117. The molecule has 0 saturated carbocycles. The summed E-state index contributed by atoms with van der Waals surface area (Å²) in [4.78, 5) is 21.4. The lowest BCUT2D eigenvalue weighted by Crippen LogP contribution is -2.24. The first-order chi connectivity index (χ1) is 9.63. The highest BCUT2D eigenvalue weighted by Crippen LogP contribution is 2.35. The molecule has 1 aliphatic carbocycles. The number of nitrogens with one attached hydrogen (secondary N) is 1. The maximum atomic E-state index is 12.4. The summed E-state index contributed by atoms with van der Waals surface area (Å²) in [5.74, 6) is 0.134. The van der Waals surface area contributed by atoms with E-state index in [0.717, 1.165) is 24.8 Å². The summed E-state index contributed by atoms with van der Waals surface area (Å²) >= 11 is 13.2. The van der Waals surface area contributed by atoms with Crippen molar-refractivity contribution in [1.29, 1.82) is 0 Å². The van der Waals surface area contributed by atoms with Gasteiger partial charge in [-0.25, -0.2) is 9.97 Å². The number of anilines is 1. The normalized spacial score (nSPS) is 17.6. The van der Waals surface area contributed by atoms with Crippen molar-refractivity contribution >= 4 is 46.3 Å². The number of hydrogen-bond donors (Lipinski definition) is 1. The van der Waals surface area contributed by atoms with Crippen LogP contribution in [-0.4, -0.2) is 15.9 Å². The van der Waals surface area contributed by atoms with E-state index in [0.29, 0.717) is 5.82 Å². The third-order valence-corrected chi connectivity index (χ3v) is 4.65. The largest absolute Gasteiger partial charge is 0.310 e. The van der Waals surface area contributed by atoms with Gasteiger partial charge in [-0.15, -0.1) is 11.3 Å². The molecular weight excluding hydrogens is 317 g/mol. The Morgan fingerprint density at radius 1 is 1.40 bits per heavy atom. The zero-order valence-electron chi connectivity index (χ0n) is 10.4. The van der Waals surface area contributed by atoms with Crippen LogP contribution < -0.4 is 5.32 Å². The molecule has 3 rings (SSSR count). The van der Waals surface area contributed by atoms with E-state index in [-0.39, 0.29) is 22.3 Å².